The summed E-state index contributed by atoms with van der Waals surface area (Å²) in [5, 5.41) is 13.8. The Balaban J connectivity index is 1.88. The molecule has 3 rings (SSSR count). The molecule has 1 aromatic heterocycles. The standard InChI is InChI=1S/C23H34N4O/c1-7-16(4)24-20-13-21(26-22(25-20)15(2)3)27-11-10-17-12-19(23(5,6)28)9-8-18(17)14-27/h8-9,12-13,15-16,28H,7,10-11,14H2,1-6H3,(H,24,25,26)/t16-/m1/s1. The topological polar surface area (TPSA) is 61.3 Å². The van der Waals surface area contributed by atoms with Crippen molar-refractivity contribution in [1.82, 2.24) is 9.97 Å². The third-order valence-corrected chi connectivity index (χ3v) is 5.50. The summed E-state index contributed by atoms with van der Waals surface area (Å²) in [4.78, 5) is 11.9. The summed E-state index contributed by atoms with van der Waals surface area (Å²) < 4.78 is 0. The number of aromatic nitrogens is 2. The number of nitrogens with zero attached hydrogens (tertiary/aromatic N) is 3. The maximum Gasteiger partial charge on any atom is 0.135 e. The van der Waals surface area contributed by atoms with Crippen LogP contribution in [-0.2, 0) is 18.6 Å². The van der Waals surface area contributed by atoms with Gasteiger partial charge in [0.25, 0.3) is 0 Å². The molecule has 1 aliphatic rings. The van der Waals surface area contributed by atoms with Crippen molar-refractivity contribution in [1.29, 1.82) is 0 Å². The fourth-order valence-corrected chi connectivity index (χ4v) is 3.43. The van der Waals surface area contributed by atoms with Crippen LogP contribution < -0.4 is 10.2 Å². The molecule has 2 N–H and O–H groups in total. The lowest BCUT2D eigenvalue weighted by Gasteiger charge is -2.31. The van der Waals surface area contributed by atoms with Crippen molar-refractivity contribution in [3.63, 3.8) is 0 Å². The van der Waals surface area contributed by atoms with Crippen LogP contribution in [0.1, 0.15) is 76.4 Å². The summed E-state index contributed by atoms with van der Waals surface area (Å²) in [6, 6.07) is 8.80. The SMILES string of the molecule is CC[C@@H](C)Nc1cc(N2CCc3cc(C(C)(C)O)ccc3C2)nc(C(C)C)n1. The van der Waals surface area contributed by atoms with Gasteiger partial charge in [-0.25, -0.2) is 9.97 Å². The minimum Gasteiger partial charge on any atom is -0.386 e. The minimum absolute atomic E-state index is 0.281. The Labute approximate surface area is 169 Å². The van der Waals surface area contributed by atoms with E-state index in [1.807, 2.05) is 19.9 Å². The number of nitrogens with one attached hydrogen (secondary N) is 1. The summed E-state index contributed by atoms with van der Waals surface area (Å²) in [7, 11) is 0. The lowest BCUT2D eigenvalue weighted by atomic mass is 9.91. The number of benzene rings is 1. The Kier molecular flexibility index (Phi) is 5.94. The third kappa shape index (κ3) is 4.64. The van der Waals surface area contributed by atoms with E-state index >= 15 is 0 Å². The van der Waals surface area contributed by atoms with Gasteiger partial charge in [-0.3, -0.25) is 0 Å². The summed E-state index contributed by atoms with van der Waals surface area (Å²) in [6.07, 6.45) is 2.01. The van der Waals surface area contributed by atoms with Crippen LogP contribution in [0.15, 0.2) is 24.3 Å². The van der Waals surface area contributed by atoms with Gasteiger partial charge >= 0.3 is 0 Å². The molecule has 0 unspecified atom stereocenters. The molecule has 1 aliphatic heterocycles. The molecule has 0 spiro atoms. The Morgan fingerprint density at radius 3 is 2.54 bits per heavy atom. The molecule has 152 valence electrons. The molecule has 2 heterocycles. The van der Waals surface area contributed by atoms with Crippen LogP contribution in [0.2, 0.25) is 0 Å². The average Bonchev–Trinajstić information content (AvgIpc) is 2.66. The lowest BCUT2D eigenvalue weighted by molar-refractivity contribution is 0.0785. The molecule has 0 saturated carbocycles. The number of fused-ring (bicyclic) bond motifs is 1. The summed E-state index contributed by atoms with van der Waals surface area (Å²) >= 11 is 0. The monoisotopic (exact) mass is 382 g/mol. The Hall–Kier alpha value is -2.14. The molecular formula is C23H34N4O. The van der Waals surface area contributed by atoms with Gasteiger partial charge in [0.05, 0.1) is 5.60 Å². The molecule has 1 atom stereocenters. The van der Waals surface area contributed by atoms with E-state index in [9.17, 15) is 5.11 Å². The van der Waals surface area contributed by atoms with Crippen molar-refractivity contribution in [2.45, 2.75) is 78.5 Å². The molecule has 0 saturated heterocycles. The van der Waals surface area contributed by atoms with Crippen LogP contribution in [0.3, 0.4) is 0 Å². The fraction of sp³-hybridized carbons (Fsp3) is 0.565. The highest BCUT2D eigenvalue weighted by Gasteiger charge is 2.23. The van der Waals surface area contributed by atoms with Crippen LogP contribution in [-0.4, -0.2) is 27.7 Å². The molecule has 5 nitrogen and oxygen atoms in total. The third-order valence-electron chi connectivity index (χ3n) is 5.50. The molecule has 2 aromatic rings. The van der Waals surface area contributed by atoms with E-state index in [0.717, 1.165) is 49.0 Å². The van der Waals surface area contributed by atoms with Crippen LogP contribution >= 0.6 is 0 Å². The van der Waals surface area contributed by atoms with Gasteiger partial charge in [0.15, 0.2) is 0 Å². The minimum atomic E-state index is -0.804. The van der Waals surface area contributed by atoms with E-state index in [1.54, 1.807) is 0 Å². The van der Waals surface area contributed by atoms with Gasteiger partial charge in [-0.05, 0) is 50.3 Å². The first kappa shape index (κ1) is 20.6. The highest BCUT2D eigenvalue weighted by atomic mass is 16.3. The zero-order chi connectivity index (χ0) is 20.5. The average molecular weight is 383 g/mol. The second-order valence-electron chi connectivity index (χ2n) is 8.79. The largest absolute Gasteiger partial charge is 0.386 e. The van der Waals surface area contributed by atoms with E-state index in [-0.39, 0.29) is 5.92 Å². The molecule has 0 amide bonds. The molecule has 0 fully saturated rings. The fourth-order valence-electron chi connectivity index (χ4n) is 3.43. The van der Waals surface area contributed by atoms with Crippen LogP contribution in [0.5, 0.6) is 0 Å². The van der Waals surface area contributed by atoms with E-state index < -0.39 is 5.60 Å². The van der Waals surface area contributed by atoms with Gasteiger partial charge in [0.1, 0.15) is 17.5 Å². The first-order chi connectivity index (χ1) is 13.2. The maximum absolute atomic E-state index is 10.3. The van der Waals surface area contributed by atoms with Crippen molar-refractivity contribution in [2.24, 2.45) is 0 Å². The zero-order valence-corrected chi connectivity index (χ0v) is 18.1. The van der Waals surface area contributed by atoms with Gasteiger partial charge in [0.2, 0.25) is 0 Å². The molecule has 28 heavy (non-hydrogen) atoms. The second-order valence-corrected chi connectivity index (χ2v) is 8.79. The Morgan fingerprint density at radius 1 is 1.14 bits per heavy atom. The molecule has 1 aromatic carbocycles. The van der Waals surface area contributed by atoms with E-state index in [4.69, 9.17) is 9.97 Å². The van der Waals surface area contributed by atoms with Gasteiger partial charge in [-0.15, -0.1) is 0 Å². The smallest absolute Gasteiger partial charge is 0.135 e. The zero-order valence-electron chi connectivity index (χ0n) is 18.1. The highest BCUT2D eigenvalue weighted by molar-refractivity contribution is 5.52. The normalized spacial score (nSPS) is 15.5. The number of hydrogen-bond donors (Lipinski definition) is 2. The van der Waals surface area contributed by atoms with Gasteiger partial charge < -0.3 is 15.3 Å². The predicted molar refractivity (Wildman–Crippen MR) is 116 cm³/mol. The number of hydrogen-bond acceptors (Lipinski definition) is 5. The number of aliphatic hydroxyl groups is 1. The molecular weight excluding hydrogens is 348 g/mol. The maximum atomic E-state index is 10.3. The highest BCUT2D eigenvalue weighted by Crippen LogP contribution is 2.29. The van der Waals surface area contributed by atoms with Crippen LogP contribution in [0, 0.1) is 0 Å². The molecule has 0 radical (unpaired) electrons. The second kappa shape index (κ2) is 8.08. The van der Waals surface area contributed by atoms with Crippen molar-refractivity contribution in [3.05, 3.63) is 46.8 Å². The Bertz CT molecular complexity index is 826. The lowest BCUT2D eigenvalue weighted by Crippen LogP contribution is -2.32. The number of anilines is 2. The van der Waals surface area contributed by atoms with Crippen LogP contribution in [0.25, 0.3) is 0 Å². The predicted octanol–water partition coefficient (Wildman–Crippen LogP) is 4.60. The van der Waals surface area contributed by atoms with Crippen molar-refractivity contribution in [2.75, 3.05) is 16.8 Å². The first-order valence-corrected chi connectivity index (χ1v) is 10.4. The van der Waals surface area contributed by atoms with E-state index in [1.165, 1.54) is 11.1 Å². The summed E-state index contributed by atoms with van der Waals surface area (Å²) in [5.41, 5.74) is 2.80. The van der Waals surface area contributed by atoms with Crippen LogP contribution in [0.4, 0.5) is 11.6 Å². The summed E-state index contributed by atoms with van der Waals surface area (Å²) in [5.74, 6) is 3.06. The van der Waals surface area contributed by atoms with Gasteiger partial charge in [-0.1, -0.05) is 39.0 Å². The van der Waals surface area contributed by atoms with Crippen molar-refractivity contribution in [3.8, 4) is 0 Å². The molecule has 5 heteroatoms. The number of rotatable bonds is 6. The molecule has 0 bridgehead atoms. The quantitative estimate of drug-likeness (QED) is 0.764. The van der Waals surface area contributed by atoms with Crippen molar-refractivity contribution >= 4 is 11.6 Å². The Morgan fingerprint density at radius 2 is 1.89 bits per heavy atom. The van der Waals surface area contributed by atoms with Crippen molar-refractivity contribution < 1.29 is 5.11 Å². The first-order valence-electron chi connectivity index (χ1n) is 10.4. The van der Waals surface area contributed by atoms with E-state index in [0.29, 0.717) is 6.04 Å². The van der Waals surface area contributed by atoms with E-state index in [2.05, 4.69) is 56.1 Å². The van der Waals surface area contributed by atoms with Gasteiger partial charge in [0, 0.05) is 31.1 Å². The summed E-state index contributed by atoms with van der Waals surface area (Å²) in [6.45, 7) is 14.0. The molecule has 0 aliphatic carbocycles. The van der Waals surface area contributed by atoms with Gasteiger partial charge in [-0.2, -0.15) is 0 Å².